The molecule has 1 heterocycles. The number of hydrogen-bond acceptors (Lipinski definition) is 3. The van der Waals surface area contributed by atoms with Crippen molar-refractivity contribution in [1.29, 1.82) is 0 Å². The number of fused-ring (bicyclic) bond motifs is 1. The second kappa shape index (κ2) is 9.57. The molecule has 0 radical (unpaired) electrons. The molecule has 30 heavy (non-hydrogen) atoms. The first-order valence-corrected chi connectivity index (χ1v) is 10.9. The number of amides is 1. The number of allylic oxidation sites excluding steroid dienone is 1. The van der Waals surface area contributed by atoms with Crippen LogP contribution >= 0.6 is 0 Å². The number of nitrogens with one attached hydrogen (secondary N) is 2. The van der Waals surface area contributed by atoms with Gasteiger partial charge < -0.3 is 10.6 Å². The topological polar surface area (TPSA) is 54.0 Å². The molecule has 1 aliphatic carbocycles. The number of benzene rings is 2. The second-order valence-corrected chi connectivity index (χ2v) is 7.86. The molecule has 2 N–H and O–H groups in total. The largest absolute Gasteiger partial charge is 0.352 e. The number of rotatable bonds is 7. The molecule has 1 amide bonds. The fraction of sp³-hybridized carbons (Fsp3) is 0.308. The standard InChI is InChI=1S/C26H29N3O/c1-2-19-12-14-21(15-13-19)28-25-18-23(22-10-6-7-11-24(22)29-25)26(30)27-17-16-20-8-4-3-5-9-20/h6-8,10-15,18H,2-5,9,16-17H2,1H3,(H,27,30)(H,28,29). The summed E-state index contributed by atoms with van der Waals surface area (Å²) in [7, 11) is 0. The maximum atomic E-state index is 13.0. The van der Waals surface area contributed by atoms with Crippen molar-refractivity contribution in [3.05, 3.63) is 77.4 Å². The minimum atomic E-state index is -0.0469. The van der Waals surface area contributed by atoms with Gasteiger partial charge in [0.25, 0.3) is 5.91 Å². The number of nitrogens with zero attached hydrogens (tertiary/aromatic N) is 1. The van der Waals surface area contributed by atoms with Crippen LogP contribution in [-0.4, -0.2) is 17.4 Å². The average molecular weight is 400 g/mol. The average Bonchev–Trinajstić information content (AvgIpc) is 2.79. The van der Waals surface area contributed by atoms with Gasteiger partial charge in [-0.15, -0.1) is 0 Å². The molecule has 0 bridgehead atoms. The third-order valence-corrected chi connectivity index (χ3v) is 5.71. The highest BCUT2D eigenvalue weighted by atomic mass is 16.1. The van der Waals surface area contributed by atoms with E-state index in [-0.39, 0.29) is 5.91 Å². The Kier molecular flexibility index (Phi) is 6.43. The van der Waals surface area contributed by atoms with E-state index in [1.165, 1.54) is 36.8 Å². The number of aryl methyl sites for hydroxylation is 1. The van der Waals surface area contributed by atoms with E-state index in [9.17, 15) is 4.79 Å². The second-order valence-electron chi connectivity index (χ2n) is 7.86. The van der Waals surface area contributed by atoms with Crippen molar-refractivity contribution in [2.45, 2.75) is 45.4 Å². The first-order valence-electron chi connectivity index (χ1n) is 10.9. The van der Waals surface area contributed by atoms with Gasteiger partial charge in [-0.1, -0.05) is 48.9 Å². The Morgan fingerprint density at radius 3 is 2.67 bits per heavy atom. The van der Waals surface area contributed by atoms with Gasteiger partial charge in [0, 0.05) is 17.6 Å². The van der Waals surface area contributed by atoms with Crippen LogP contribution in [0.1, 0.15) is 54.9 Å². The van der Waals surface area contributed by atoms with E-state index in [4.69, 9.17) is 4.98 Å². The van der Waals surface area contributed by atoms with E-state index in [2.05, 4.69) is 35.8 Å². The van der Waals surface area contributed by atoms with Crippen LogP contribution in [0.15, 0.2) is 66.2 Å². The molecule has 0 saturated carbocycles. The van der Waals surface area contributed by atoms with Crippen LogP contribution in [0.25, 0.3) is 10.9 Å². The van der Waals surface area contributed by atoms with Crippen LogP contribution in [0.4, 0.5) is 11.5 Å². The molecule has 0 atom stereocenters. The third-order valence-electron chi connectivity index (χ3n) is 5.71. The lowest BCUT2D eigenvalue weighted by atomic mass is 9.97. The van der Waals surface area contributed by atoms with Gasteiger partial charge in [0.2, 0.25) is 0 Å². The summed E-state index contributed by atoms with van der Waals surface area (Å²) >= 11 is 0. The van der Waals surface area contributed by atoms with Gasteiger partial charge in [-0.05, 0) is 68.4 Å². The smallest absolute Gasteiger partial charge is 0.252 e. The SMILES string of the molecule is CCc1ccc(Nc2cc(C(=O)NCCC3=CCCCC3)c3ccccc3n2)cc1. The van der Waals surface area contributed by atoms with Crippen molar-refractivity contribution in [2.75, 3.05) is 11.9 Å². The predicted molar refractivity (Wildman–Crippen MR) is 124 cm³/mol. The summed E-state index contributed by atoms with van der Waals surface area (Å²) in [6.45, 7) is 2.81. The van der Waals surface area contributed by atoms with E-state index < -0.39 is 0 Å². The van der Waals surface area contributed by atoms with Crippen molar-refractivity contribution in [3.8, 4) is 0 Å². The lowest BCUT2D eigenvalue weighted by molar-refractivity contribution is 0.0955. The van der Waals surface area contributed by atoms with Gasteiger partial charge in [-0.3, -0.25) is 4.79 Å². The molecule has 0 saturated heterocycles. The van der Waals surface area contributed by atoms with Crippen molar-refractivity contribution in [2.24, 2.45) is 0 Å². The number of para-hydroxylation sites is 1. The van der Waals surface area contributed by atoms with Gasteiger partial charge in [0.15, 0.2) is 0 Å². The molecule has 0 fully saturated rings. The molecular weight excluding hydrogens is 370 g/mol. The Morgan fingerprint density at radius 2 is 1.90 bits per heavy atom. The number of anilines is 2. The van der Waals surface area contributed by atoms with Gasteiger partial charge in [0.1, 0.15) is 5.82 Å². The first kappa shape index (κ1) is 20.1. The molecule has 4 nitrogen and oxygen atoms in total. The zero-order chi connectivity index (χ0) is 20.8. The molecule has 2 aromatic carbocycles. The quantitative estimate of drug-likeness (QED) is 0.468. The maximum absolute atomic E-state index is 13.0. The van der Waals surface area contributed by atoms with E-state index in [0.29, 0.717) is 17.9 Å². The summed E-state index contributed by atoms with van der Waals surface area (Å²) in [6.07, 6.45) is 9.17. The summed E-state index contributed by atoms with van der Waals surface area (Å²) in [5, 5.41) is 7.33. The molecular formula is C26H29N3O. The lowest BCUT2D eigenvalue weighted by Gasteiger charge is -2.14. The highest BCUT2D eigenvalue weighted by Gasteiger charge is 2.13. The van der Waals surface area contributed by atoms with Crippen LogP contribution in [0, 0.1) is 0 Å². The van der Waals surface area contributed by atoms with E-state index in [1.54, 1.807) is 0 Å². The Balaban J connectivity index is 1.53. The van der Waals surface area contributed by atoms with E-state index in [1.807, 2.05) is 42.5 Å². The van der Waals surface area contributed by atoms with E-state index in [0.717, 1.165) is 29.4 Å². The van der Waals surface area contributed by atoms with Gasteiger partial charge in [-0.2, -0.15) is 0 Å². The fourth-order valence-electron chi connectivity index (χ4n) is 3.96. The highest BCUT2D eigenvalue weighted by Crippen LogP contribution is 2.24. The summed E-state index contributed by atoms with van der Waals surface area (Å²) in [5.41, 5.74) is 5.20. The molecule has 0 aliphatic heterocycles. The minimum absolute atomic E-state index is 0.0469. The van der Waals surface area contributed by atoms with Crippen molar-refractivity contribution >= 4 is 28.3 Å². The molecule has 0 unspecified atom stereocenters. The lowest BCUT2D eigenvalue weighted by Crippen LogP contribution is -2.25. The number of hydrogen-bond donors (Lipinski definition) is 2. The third kappa shape index (κ3) is 4.88. The Morgan fingerprint density at radius 1 is 1.07 bits per heavy atom. The normalized spacial score (nSPS) is 13.7. The molecule has 3 aromatic rings. The van der Waals surface area contributed by atoms with Gasteiger partial charge in [-0.25, -0.2) is 4.98 Å². The maximum Gasteiger partial charge on any atom is 0.252 e. The fourth-order valence-corrected chi connectivity index (χ4v) is 3.96. The number of aromatic nitrogens is 1. The number of pyridine rings is 1. The number of carbonyl (C=O) groups excluding carboxylic acids is 1. The Labute approximate surface area is 178 Å². The summed E-state index contributed by atoms with van der Waals surface area (Å²) < 4.78 is 0. The minimum Gasteiger partial charge on any atom is -0.352 e. The summed E-state index contributed by atoms with van der Waals surface area (Å²) in [6, 6.07) is 18.0. The van der Waals surface area contributed by atoms with Crippen molar-refractivity contribution < 1.29 is 4.79 Å². The highest BCUT2D eigenvalue weighted by molar-refractivity contribution is 6.07. The summed E-state index contributed by atoms with van der Waals surface area (Å²) in [4.78, 5) is 17.7. The van der Waals surface area contributed by atoms with Crippen LogP contribution in [0.3, 0.4) is 0 Å². The van der Waals surface area contributed by atoms with Crippen LogP contribution < -0.4 is 10.6 Å². The van der Waals surface area contributed by atoms with Crippen molar-refractivity contribution in [3.63, 3.8) is 0 Å². The Bertz CT molecular complexity index is 1050. The van der Waals surface area contributed by atoms with Crippen molar-refractivity contribution in [1.82, 2.24) is 10.3 Å². The van der Waals surface area contributed by atoms with Crippen LogP contribution in [-0.2, 0) is 6.42 Å². The van der Waals surface area contributed by atoms with Gasteiger partial charge >= 0.3 is 0 Å². The van der Waals surface area contributed by atoms with Gasteiger partial charge in [0.05, 0.1) is 11.1 Å². The molecule has 154 valence electrons. The molecule has 1 aromatic heterocycles. The molecule has 4 rings (SSSR count). The monoisotopic (exact) mass is 399 g/mol. The zero-order valence-electron chi connectivity index (χ0n) is 17.6. The molecule has 1 aliphatic rings. The first-order chi connectivity index (χ1) is 14.7. The predicted octanol–water partition coefficient (Wildman–Crippen LogP) is 6.16. The molecule has 0 spiro atoms. The van der Waals surface area contributed by atoms with E-state index >= 15 is 0 Å². The Hall–Kier alpha value is -3.14. The molecule has 4 heteroatoms. The zero-order valence-corrected chi connectivity index (χ0v) is 17.6. The van der Waals surface area contributed by atoms with Crippen LogP contribution in [0.2, 0.25) is 0 Å². The number of carbonyl (C=O) groups is 1. The summed E-state index contributed by atoms with van der Waals surface area (Å²) in [5.74, 6) is 0.632. The van der Waals surface area contributed by atoms with Crippen LogP contribution in [0.5, 0.6) is 0 Å².